The Morgan fingerprint density at radius 2 is 2.10 bits per heavy atom. The highest BCUT2D eigenvalue weighted by Crippen LogP contribution is 2.15. The summed E-state index contributed by atoms with van der Waals surface area (Å²) >= 11 is 1.60. The van der Waals surface area contributed by atoms with Gasteiger partial charge in [0, 0.05) is 17.6 Å². The van der Waals surface area contributed by atoms with Crippen LogP contribution in [0, 0.1) is 6.92 Å². The van der Waals surface area contributed by atoms with Crippen LogP contribution in [0.2, 0.25) is 0 Å². The molecule has 0 atom stereocenters. The Hall–Kier alpha value is -1.72. The van der Waals surface area contributed by atoms with E-state index in [-0.39, 0.29) is 5.91 Å². The van der Waals surface area contributed by atoms with Crippen LogP contribution in [0.15, 0.2) is 29.6 Å². The Balaban J connectivity index is 1.95. The minimum atomic E-state index is -0.0268. The molecule has 0 spiro atoms. The van der Waals surface area contributed by atoms with Gasteiger partial charge in [0.1, 0.15) is 5.01 Å². The van der Waals surface area contributed by atoms with Crippen molar-refractivity contribution in [3.63, 3.8) is 0 Å². The Morgan fingerprint density at radius 3 is 2.80 bits per heavy atom. The van der Waals surface area contributed by atoms with Crippen molar-refractivity contribution in [1.82, 2.24) is 9.88 Å². The fraction of sp³-hybridized carbons (Fsp3) is 0.333. The summed E-state index contributed by atoms with van der Waals surface area (Å²) in [6.07, 6.45) is 0.318. The van der Waals surface area contributed by atoms with Crippen molar-refractivity contribution in [2.24, 2.45) is 0 Å². The number of nitrogens with one attached hydrogen (secondary N) is 1. The van der Waals surface area contributed by atoms with E-state index >= 15 is 0 Å². The van der Waals surface area contributed by atoms with E-state index in [9.17, 15) is 4.79 Å². The Kier molecular flexibility index (Phi) is 4.87. The summed E-state index contributed by atoms with van der Waals surface area (Å²) in [5.41, 5.74) is 2.76. The minimum Gasteiger partial charge on any atom is -0.326 e. The van der Waals surface area contributed by atoms with Gasteiger partial charge in [-0.05, 0) is 32.6 Å². The number of anilines is 1. The summed E-state index contributed by atoms with van der Waals surface area (Å²) in [6.45, 7) is 2.79. The third kappa shape index (κ3) is 4.15. The topological polar surface area (TPSA) is 45.2 Å². The molecule has 4 nitrogen and oxygen atoms in total. The molecule has 1 aromatic carbocycles. The summed E-state index contributed by atoms with van der Waals surface area (Å²) in [4.78, 5) is 18.5. The average molecular weight is 289 g/mol. The van der Waals surface area contributed by atoms with Gasteiger partial charge in [0.15, 0.2) is 0 Å². The van der Waals surface area contributed by atoms with E-state index in [0.717, 1.165) is 28.5 Å². The molecule has 1 N–H and O–H groups in total. The molecular formula is C15H19N3OS. The fourth-order valence-corrected chi connectivity index (χ4v) is 2.76. The number of aryl methyl sites for hydroxylation is 1. The molecule has 106 valence electrons. The van der Waals surface area contributed by atoms with Crippen LogP contribution in [0.25, 0.3) is 0 Å². The van der Waals surface area contributed by atoms with Crippen LogP contribution in [0.5, 0.6) is 0 Å². The van der Waals surface area contributed by atoms with Gasteiger partial charge in [-0.15, -0.1) is 11.3 Å². The van der Waals surface area contributed by atoms with Crippen molar-refractivity contribution >= 4 is 22.9 Å². The van der Waals surface area contributed by atoms with E-state index in [0.29, 0.717) is 6.42 Å². The van der Waals surface area contributed by atoms with E-state index in [1.165, 1.54) is 0 Å². The average Bonchev–Trinajstić information content (AvgIpc) is 2.78. The second-order valence-corrected chi connectivity index (χ2v) is 5.95. The van der Waals surface area contributed by atoms with Crippen LogP contribution < -0.4 is 5.32 Å². The number of rotatable bonds is 5. The van der Waals surface area contributed by atoms with Crippen molar-refractivity contribution in [2.75, 3.05) is 19.4 Å². The standard InChI is InChI=1S/C15H19N3OS/c1-11-6-4-5-7-13(11)17-14(19)8-12-10-20-15(16-12)9-18(2)3/h4-7,10H,8-9H2,1-3H3,(H,17,19). The van der Waals surface area contributed by atoms with Crippen molar-refractivity contribution in [1.29, 1.82) is 0 Å². The van der Waals surface area contributed by atoms with Crippen molar-refractivity contribution in [3.05, 3.63) is 45.9 Å². The van der Waals surface area contributed by atoms with Crippen molar-refractivity contribution in [2.45, 2.75) is 19.9 Å². The molecule has 2 rings (SSSR count). The van der Waals surface area contributed by atoms with E-state index in [2.05, 4.69) is 15.2 Å². The van der Waals surface area contributed by atoms with Crippen LogP contribution in [-0.2, 0) is 17.8 Å². The molecule has 0 aliphatic heterocycles. The Labute approximate surface area is 123 Å². The number of amides is 1. The molecule has 0 fully saturated rings. The maximum absolute atomic E-state index is 12.0. The molecule has 0 unspecified atom stereocenters. The number of nitrogens with zero attached hydrogens (tertiary/aromatic N) is 2. The number of thiazole rings is 1. The summed E-state index contributed by atoms with van der Waals surface area (Å²) in [5, 5.41) is 5.91. The number of aromatic nitrogens is 1. The number of hydrogen-bond acceptors (Lipinski definition) is 4. The maximum atomic E-state index is 12.0. The van der Waals surface area contributed by atoms with Gasteiger partial charge in [0.2, 0.25) is 5.91 Å². The fourth-order valence-electron chi connectivity index (χ4n) is 1.85. The van der Waals surface area contributed by atoms with Gasteiger partial charge >= 0.3 is 0 Å². The van der Waals surface area contributed by atoms with E-state index in [4.69, 9.17) is 0 Å². The predicted molar refractivity (Wildman–Crippen MR) is 83.0 cm³/mol. The molecule has 2 aromatic rings. The Bertz CT molecular complexity index is 592. The largest absolute Gasteiger partial charge is 0.326 e. The smallest absolute Gasteiger partial charge is 0.230 e. The second kappa shape index (κ2) is 6.63. The summed E-state index contributed by atoms with van der Waals surface area (Å²) in [5.74, 6) is -0.0268. The molecule has 1 amide bonds. The summed E-state index contributed by atoms with van der Waals surface area (Å²) < 4.78 is 0. The highest BCUT2D eigenvalue weighted by atomic mass is 32.1. The van der Waals surface area contributed by atoms with Crippen LogP contribution in [0.4, 0.5) is 5.69 Å². The summed E-state index contributed by atoms with van der Waals surface area (Å²) in [7, 11) is 4.01. The van der Waals surface area contributed by atoms with E-state index in [1.807, 2.05) is 50.7 Å². The minimum absolute atomic E-state index is 0.0268. The summed E-state index contributed by atoms with van der Waals surface area (Å²) in [6, 6.07) is 7.76. The number of para-hydroxylation sites is 1. The molecule has 0 bridgehead atoms. The zero-order chi connectivity index (χ0) is 14.5. The van der Waals surface area contributed by atoms with Gasteiger partial charge in [0.25, 0.3) is 0 Å². The van der Waals surface area contributed by atoms with Gasteiger partial charge in [-0.2, -0.15) is 0 Å². The first kappa shape index (κ1) is 14.7. The molecule has 1 heterocycles. The highest BCUT2D eigenvalue weighted by molar-refractivity contribution is 7.09. The first-order chi connectivity index (χ1) is 9.54. The lowest BCUT2D eigenvalue weighted by molar-refractivity contribution is -0.115. The number of carbonyl (C=O) groups excluding carboxylic acids is 1. The third-order valence-corrected chi connectivity index (χ3v) is 3.69. The van der Waals surface area contributed by atoms with Crippen LogP contribution in [-0.4, -0.2) is 29.9 Å². The molecule has 0 saturated carbocycles. The zero-order valence-electron chi connectivity index (χ0n) is 12.0. The van der Waals surface area contributed by atoms with Gasteiger partial charge in [-0.3, -0.25) is 4.79 Å². The Morgan fingerprint density at radius 1 is 1.35 bits per heavy atom. The molecule has 0 aliphatic rings. The number of benzene rings is 1. The second-order valence-electron chi connectivity index (χ2n) is 5.01. The maximum Gasteiger partial charge on any atom is 0.230 e. The highest BCUT2D eigenvalue weighted by Gasteiger charge is 2.09. The quantitative estimate of drug-likeness (QED) is 0.920. The number of carbonyl (C=O) groups is 1. The lowest BCUT2D eigenvalue weighted by Gasteiger charge is -2.07. The molecule has 0 radical (unpaired) electrons. The van der Waals surface area contributed by atoms with Crippen LogP contribution in [0.1, 0.15) is 16.3 Å². The van der Waals surface area contributed by atoms with Crippen LogP contribution >= 0.6 is 11.3 Å². The molecule has 20 heavy (non-hydrogen) atoms. The van der Waals surface area contributed by atoms with Crippen molar-refractivity contribution < 1.29 is 4.79 Å². The van der Waals surface area contributed by atoms with E-state index < -0.39 is 0 Å². The molecule has 1 aromatic heterocycles. The molecule has 0 saturated heterocycles. The van der Waals surface area contributed by atoms with Gasteiger partial charge in [-0.1, -0.05) is 18.2 Å². The SMILES string of the molecule is Cc1ccccc1NC(=O)Cc1csc(CN(C)C)n1. The third-order valence-electron chi connectivity index (χ3n) is 2.81. The molecule has 0 aliphatic carbocycles. The van der Waals surface area contributed by atoms with Gasteiger partial charge < -0.3 is 10.2 Å². The van der Waals surface area contributed by atoms with Gasteiger partial charge in [0.05, 0.1) is 12.1 Å². The lowest BCUT2D eigenvalue weighted by Crippen LogP contribution is -2.15. The lowest BCUT2D eigenvalue weighted by atomic mass is 10.2. The van der Waals surface area contributed by atoms with Crippen molar-refractivity contribution in [3.8, 4) is 0 Å². The monoisotopic (exact) mass is 289 g/mol. The zero-order valence-corrected chi connectivity index (χ0v) is 12.8. The van der Waals surface area contributed by atoms with E-state index in [1.54, 1.807) is 11.3 Å². The normalized spacial score (nSPS) is 10.8. The first-order valence-electron chi connectivity index (χ1n) is 6.48. The molecular weight excluding hydrogens is 270 g/mol. The predicted octanol–water partition coefficient (Wildman–Crippen LogP) is 2.69. The molecule has 5 heteroatoms. The number of hydrogen-bond donors (Lipinski definition) is 1. The first-order valence-corrected chi connectivity index (χ1v) is 7.36. The van der Waals surface area contributed by atoms with Gasteiger partial charge in [-0.25, -0.2) is 4.98 Å². The van der Waals surface area contributed by atoms with Crippen LogP contribution in [0.3, 0.4) is 0 Å².